The third-order valence-electron chi connectivity index (χ3n) is 1.97. The Morgan fingerprint density at radius 3 is 2.50 bits per heavy atom. The first-order valence-electron chi connectivity index (χ1n) is 4.97. The SMILES string of the molecule is CNCC(=O)NCC(C)CCC(C)=O. The number of carbonyl (C=O) groups is 2. The smallest absolute Gasteiger partial charge is 0.233 e. The second-order valence-corrected chi connectivity index (χ2v) is 3.68. The highest BCUT2D eigenvalue weighted by Crippen LogP contribution is 2.03. The minimum absolute atomic E-state index is 0.00201. The van der Waals surface area contributed by atoms with E-state index in [0.29, 0.717) is 25.4 Å². The van der Waals surface area contributed by atoms with Crippen molar-refractivity contribution in [1.82, 2.24) is 10.6 Å². The molecule has 0 bridgehead atoms. The van der Waals surface area contributed by atoms with E-state index in [2.05, 4.69) is 10.6 Å². The molecule has 0 aliphatic carbocycles. The summed E-state index contributed by atoms with van der Waals surface area (Å²) in [6.07, 6.45) is 1.44. The zero-order chi connectivity index (χ0) is 11.0. The van der Waals surface area contributed by atoms with E-state index in [0.717, 1.165) is 6.42 Å². The van der Waals surface area contributed by atoms with Gasteiger partial charge in [0.15, 0.2) is 0 Å². The van der Waals surface area contributed by atoms with Crippen LogP contribution in [0, 0.1) is 5.92 Å². The van der Waals surface area contributed by atoms with Crippen molar-refractivity contribution in [1.29, 1.82) is 0 Å². The van der Waals surface area contributed by atoms with Gasteiger partial charge in [0, 0.05) is 13.0 Å². The van der Waals surface area contributed by atoms with Crippen LogP contribution in [0.4, 0.5) is 0 Å². The van der Waals surface area contributed by atoms with E-state index in [1.54, 1.807) is 14.0 Å². The van der Waals surface area contributed by atoms with E-state index >= 15 is 0 Å². The molecule has 0 fully saturated rings. The van der Waals surface area contributed by atoms with Crippen molar-refractivity contribution in [3.8, 4) is 0 Å². The molecule has 1 amide bonds. The Hall–Kier alpha value is -0.900. The second-order valence-electron chi connectivity index (χ2n) is 3.68. The van der Waals surface area contributed by atoms with E-state index in [4.69, 9.17) is 0 Å². The van der Waals surface area contributed by atoms with E-state index < -0.39 is 0 Å². The van der Waals surface area contributed by atoms with Gasteiger partial charge in [-0.1, -0.05) is 6.92 Å². The fourth-order valence-electron chi connectivity index (χ4n) is 1.06. The zero-order valence-corrected chi connectivity index (χ0v) is 9.22. The molecule has 0 aliphatic heterocycles. The average Bonchev–Trinajstić information content (AvgIpc) is 2.12. The first-order chi connectivity index (χ1) is 6.56. The van der Waals surface area contributed by atoms with Crippen molar-refractivity contribution in [2.45, 2.75) is 26.7 Å². The van der Waals surface area contributed by atoms with Gasteiger partial charge in [0.05, 0.1) is 6.54 Å². The Bertz CT molecular complexity index is 193. The molecule has 0 aromatic carbocycles. The van der Waals surface area contributed by atoms with E-state index in [-0.39, 0.29) is 11.7 Å². The van der Waals surface area contributed by atoms with Gasteiger partial charge in [-0.05, 0) is 26.3 Å². The van der Waals surface area contributed by atoms with Crippen molar-refractivity contribution >= 4 is 11.7 Å². The van der Waals surface area contributed by atoms with Crippen LogP contribution in [0.1, 0.15) is 26.7 Å². The molecular formula is C10H20N2O2. The number of Topliss-reactive ketones (excluding diaryl/α,β-unsaturated/α-hetero) is 1. The number of hydrogen-bond acceptors (Lipinski definition) is 3. The Morgan fingerprint density at radius 2 is 2.00 bits per heavy atom. The van der Waals surface area contributed by atoms with Gasteiger partial charge in [-0.25, -0.2) is 0 Å². The molecule has 0 saturated heterocycles. The molecule has 0 radical (unpaired) electrons. The summed E-state index contributed by atoms with van der Waals surface area (Å²) < 4.78 is 0. The monoisotopic (exact) mass is 200 g/mol. The molecule has 4 heteroatoms. The van der Waals surface area contributed by atoms with Crippen LogP contribution in [0.3, 0.4) is 0 Å². The molecule has 14 heavy (non-hydrogen) atoms. The van der Waals surface area contributed by atoms with Crippen molar-refractivity contribution < 1.29 is 9.59 Å². The summed E-state index contributed by atoms with van der Waals surface area (Å²) in [5.41, 5.74) is 0. The molecule has 2 N–H and O–H groups in total. The summed E-state index contributed by atoms with van der Waals surface area (Å²) in [6, 6.07) is 0. The molecule has 0 aromatic heterocycles. The zero-order valence-electron chi connectivity index (χ0n) is 9.22. The maximum Gasteiger partial charge on any atom is 0.233 e. The third kappa shape index (κ3) is 7.73. The summed E-state index contributed by atoms with van der Waals surface area (Å²) in [4.78, 5) is 21.7. The number of carbonyl (C=O) groups excluding carboxylic acids is 2. The van der Waals surface area contributed by atoms with Gasteiger partial charge in [-0.2, -0.15) is 0 Å². The quantitative estimate of drug-likeness (QED) is 0.622. The Labute approximate surface area is 85.4 Å². The van der Waals surface area contributed by atoms with Crippen molar-refractivity contribution in [3.63, 3.8) is 0 Å². The fourth-order valence-corrected chi connectivity index (χ4v) is 1.06. The number of likely N-dealkylation sites (N-methyl/N-ethyl adjacent to an activating group) is 1. The predicted molar refractivity (Wildman–Crippen MR) is 56.0 cm³/mol. The number of ketones is 1. The molecule has 1 atom stereocenters. The highest BCUT2D eigenvalue weighted by atomic mass is 16.1. The summed E-state index contributed by atoms with van der Waals surface area (Å²) in [7, 11) is 1.73. The van der Waals surface area contributed by atoms with E-state index in [1.807, 2.05) is 6.92 Å². The first kappa shape index (κ1) is 13.1. The van der Waals surface area contributed by atoms with Crippen LogP contribution in [0.15, 0.2) is 0 Å². The Balaban J connectivity index is 3.48. The standard InChI is InChI=1S/C10H20N2O2/c1-8(4-5-9(2)13)6-12-10(14)7-11-3/h8,11H,4-7H2,1-3H3,(H,12,14). The lowest BCUT2D eigenvalue weighted by Gasteiger charge is -2.11. The first-order valence-corrected chi connectivity index (χ1v) is 4.97. The number of hydrogen-bond donors (Lipinski definition) is 2. The number of nitrogens with one attached hydrogen (secondary N) is 2. The van der Waals surface area contributed by atoms with Gasteiger partial charge < -0.3 is 15.4 Å². The minimum atomic E-state index is 0.00201. The third-order valence-corrected chi connectivity index (χ3v) is 1.97. The van der Waals surface area contributed by atoms with Gasteiger partial charge in [0.25, 0.3) is 0 Å². The molecule has 0 rings (SSSR count). The molecular weight excluding hydrogens is 180 g/mol. The summed E-state index contributed by atoms with van der Waals surface area (Å²) in [5, 5.41) is 5.57. The van der Waals surface area contributed by atoms with E-state index in [1.165, 1.54) is 0 Å². The van der Waals surface area contributed by atoms with Crippen LogP contribution in [0.5, 0.6) is 0 Å². The average molecular weight is 200 g/mol. The van der Waals surface area contributed by atoms with Gasteiger partial charge in [-0.3, -0.25) is 4.79 Å². The lowest BCUT2D eigenvalue weighted by atomic mass is 10.0. The summed E-state index contributed by atoms with van der Waals surface area (Å²) >= 11 is 0. The van der Waals surface area contributed by atoms with Gasteiger partial charge in [-0.15, -0.1) is 0 Å². The van der Waals surface area contributed by atoms with Crippen LogP contribution < -0.4 is 10.6 Å². The molecule has 0 heterocycles. The summed E-state index contributed by atoms with van der Waals surface area (Å²) in [6.45, 7) is 4.61. The normalized spacial score (nSPS) is 12.2. The molecule has 0 aliphatic rings. The van der Waals surface area contributed by atoms with Gasteiger partial charge in [0.2, 0.25) is 5.91 Å². The molecule has 0 spiro atoms. The molecule has 0 saturated carbocycles. The fraction of sp³-hybridized carbons (Fsp3) is 0.800. The maximum atomic E-state index is 11.0. The number of amides is 1. The predicted octanol–water partition coefficient (Wildman–Crippen LogP) is 0.327. The van der Waals surface area contributed by atoms with Gasteiger partial charge >= 0.3 is 0 Å². The van der Waals surface area contributed by atoms with Crippen molar-refractivity contribution in [3.05, 3.63) is 0 Å². The minimum Gasteiger partial charge on any atom is -0.355 e. The Kier molecular flexibility index (Phi) is 7.02. The molecule has 4 nitrogen and oxygen atoms in total. The van der Waals surface area contributed by atoms with Crippen LogP contribution in [0.2, 0.25) is 0 Å². The van der Waals surface area contributed by atoms with Crippen LogP contribution in [-0.2, 0) is 9.59 Å². The Morgan fingerprint density at radius 1 is 1.36 bits per heavy atom. The maximum absolute atomic E-state index is 11.0. The topological polar surface area (TPSA) is 58.2 Å². The van der Waals surface area contributed by atoms with Crippen molar-refractivity contribution in [2.24, 2.45) is 5.92 Å². The van der Waals surface area contributed by atoms with Crippen molar-refractivity contribution in [2.75, 3.05) is 20.1 Å². The van der Waals surface area contributed by atoms with Crippen LogP contribution >= 0.6 is 0 Å². The molecule has 1 unspecified atom stereocenters. The van der Waals surface area contributed by atoms with Crippen LogP contribution in [0.25, 0.3) is 0 Å². The lowest BCUT2D eigenvalue weighted by molar-refractivity contribution is -0.120. The highest BCUT2D eigenvalue weighted by Gasteiger charge is 2.05. The number of rotatable bonds is 7. The van der Waals surface area contributed by atoms with Crippen LogP contribution in [-0.4, -0.2) is 31.8 Å². The lowest BCUT2D eigenvalue weighted by Crippen LogP contribution is -2.34. The van der Waals surface area contributed by atoms with Gasteiger partial charge in [0.1, 0.15) is 5.78 Å². The van der Waals surface area contributed by atoms with E-state index in [9.17, 15) is 9.59 Å². The highest BCUT2D eigenvalue weighted by molar-refractivity contribution is 5.78. The summed E-state index contributed by atoms with van der Waals surface area (Å²) in [5.74, 6) is 0.570. The molecule has 82 valence electrons. The largest absolute Gasteiger partial charge is 0.355 e. The second kappa shape index (κ2) is 7.50. The molecule has 0 aromatic rings.